The summed E-state index contributed by atoms with van der Waals surface area (Å²) >= 11 is 0. The Morgan fingerprint density at radius 3 is 2.40 bits per heavy atom. The molecule has 162 valence electrons. The molecule has 8 heteroatoms. The maximum atomic E-state index is 12.6. The van der Waals surface area contributed by atoms with E-state index in [9.17, 15) is 14.4 Å². The first-order chi connectivity index (χ1) is 14.2. The summed E-state index contributed by atoms with van der Waals surface area (Å²) in [5, 5.41) is 9.89. The topological polar surface area (TPSA) is 106 Å². The van der Waals surface area contributed by atoms with Gasteiger partial charge in [0.05, 0.1) is 6.61 Å². The molecule has 2 aromatic rings. The molecule has 1 unspecified atom stereocenters. The van der Waals surface area contributed by atoms with Crippen molar-refractivity contribution in [3.05, 3.63) is 48.0 Å². The smallest absolute Gasteiger partial charge is 0.408 e. The number of nitrogens with one attached hydrogen (secondary N) is 3. The predicted molar refractivity (Wildman–Crippen MR) is 114 cm³/mol. The number of alkyl carbamates (subject to hydrolysis) is 1. The van der Waals surface area contributed by atoms with E-state index >= 15 is 0 Å². The summed E-state index contributed by atoms with van der Waals surface area (Å²) in [6.07, 6.45) is -0.707. The number of methoxy groups -OCH3 is 1. The monoisotopic (exact) mass is 415 g/mol. The van der Waals surface area contributed by atoms with Crippen LogP contribution in [-0.2, 0) is 25.6 Å². The Morgan fingerprint density at radius 1 is 1.00 bits per heavy atom. The first-order valence-electron chi connectivity index (χ1n) is 9.69. The van der Waals surface area contributed by atoms with Crippen molar-refractivity contribution in [2.75, 3.05) is 20.3 Å². The quantitative estimate of drug-likeness (QED) is 0.612. The van der Waals surface area contributed by atoms with Crippen LogP contribution < -0.4 is 16.0 Å². The van der Waals surface area contributed by atoms with Crippen LogP contribution in [0, 0.1) is 0 Å². The van der Waals surface area contributed by atoms with Gasteiger partial charge in [-0.15, -0.1) is 0 Å². The Balaban J connectivity index is 1.90. The van der Waals surface area contributed by atoms with E-state index in [-0.39, 0.29) is 19.1 Å². The normalized spacial score (nSPS) is 12.1. The number of hydrogen-bond donors (Lipinski definition) is 3. The molecule has 2 aromatic carbocycles. The van der Waals surface area contributed by atoms with Crippen LogP contribution in [0.2, 0.25) is 0 Å². The standard InChI is InChI=1S/C22H29N3O5/c1-22(2,3)30-21(28)24-13-19(26)25-18(14-29-4)20(27)23-12-16-10-7-9-15-8-5-6-11-17(15)16/h5-11,18H,12-14H2,1-4H3,(H,23,27)(H,24,28)(H,25,26). The number of rotatable bonds is 8. The highest BCUT2D eigenvalue weighted by atomic mass is 16.6. The molecule has 8 nitrogen and oxygen atoms in total. The van der Waals surface area contributed by atoms with Crippen LogP contribution in [0.4, 0.5) is 4.79 Å². The first-order valence-corrected chi connectivity index (χ1v) is 9.69. The lowest BCUT2D eigenvalue weighted by Gasteiger charge is -2.20. The van der Waals surface area contributed by atoms with Crippen molar-refractivity contribution in [1.82, 2.24) is 16.0 Å². The van der Waals surface area contributed by atoms with E-state index in [4.69, 9.17) is 9.47 Å². The lowest BCUT2D eigenvalue weighted by Crippen LogP contribution is -2.51. The van der Waals surface area contributed by atoms with Crippen molar-refractivity contribution >= 4 is 28.7 Å². The predicted octanol–water partition coefficient (Wildman–Crippen LogP) is 2.11. The maximum absolute atomic E-state index is 12.6. The highest BCUT2D eigenvalue weighted by molar-refractivity contribution is 5.90. The van der Waals surface area contributed by atoms with E-state index in [1.54, 1.807) is 20.8 Å². The molecule has 30 heavy (non-hydrogen) atoms. The second-order valence-electron chi connectivity index (χ2n) is 7.79. The third-order valence-electron chi connectivity index (χ3n) is 4.11. The zero-order chi connectivity index (χ0) is 22.1. The number of benzene rings is 2. The van der Waals surface area contributed by atoms with E-state index in [1.807, 2.05) is 42.5 Å². The molecule has 1 atom stereocenters. The minimum absolute atomic E-state index is 0.000448. The largest absolute Gasteiger partial charge is 0.444 e. The van der Waals surface area contributed by atoms with Crippen molar-refractivity contribution < 1.29 is 23.9 Å². The molecular weight excluding hydrogens is 386 g/mol. The highest BCUT2D eigenvalue weighted by Gasteiger charge is 2.22. The van der Waals surface area contributed by atoms with Gasteiger partial charge in [0.1, 0.15) is 18.2 Å². The number of carbonyl (C=O) groups is 3. The van der Waals surface area contributed by atoms with Gasteiger partial charge in [0.2, 0.25) is 11.8 Å². The molecule has 0 aliphatic heterocycles. The number of carbonyl (C=O) groups excluding carboxylic acids is 3. The Bertz CT molecular complexity index is 886. The number of amides is 3. The SMILES string of the molecule is COCC(NC(=O)CNC(=O)OC(C)(C)C)C(=O)NCc1cccc2ccccc12. The average Bonchev–Trinajstić information content (AvgIpc) is 2.69. The fourth-order valence-corrected chi connectivity index (χ4v) is 2.81. The number of fused-ring (bicyclic) bond motifs is 1. The van der Waals surface area contributed by atoms with Gasteiger partial charge in [-0.25, -0.2) is 4.79 Å². The Hall–Kier alpha value is -3.13. The summed E-state index contributed by atoms with van der Waals surface area (Å²) in [5.74, 6) is -0.904. The third kappa shape index (κ3) is 7.36. The van der Waals surface area contributed by atoms with E-state index in [2.05, 4.69) is 16.0 Å². The molecule has 0 saturated heterocycles. The summed E-state index contributed by atoms with van der Waals surface area (Å²) in [5.41, 5.74) is 0.302. The molecule has 0 saturated carbocycles. The Labute approximate surface area is 176 Å². The van der Waals surface area contributed by atoms with Crippen molar-refractivity contribution in [3.63, 3.8) is 0 Å². The molecule has 0 bridgehead atoms. The van der Waals surface area contributed by atoms with Crippen LogP contribution in [-0.4, -0.2) is 49.8 Å². The molecule has 0 aliphatic carbocycles. The van der Waals surface area contributed by atoms with Crippen LogP contribution in [0.5, 0.6) is 0 Å². The second-order valence-corrected chi connectivity index (χ2v) is 7.79. The first kappa shape index (κ1) is 23.2. The van der Waals surface area contributed by atoms with E-state index in [1.165, 1.54) is 7.11 Å². The maximum Gasteiger partial charge on any atom is 0.408 e. The van der Waals surface area contributed by atoms with Crippen molar-refractivity contribution in [2.45, 2.75) is 39.0 Å². The minimum Gasteiger partial charge on any atom is -0.444 e. The lowest BCUT2D eigenvalue weighted by atomic mass is 10.0. The Kier molecular flexibility index (Phi) is 8.17. The van der Waals surface area contributed by atoms with Crippen molar-refractivity contribution in [3.8, 4) is 0 Å². The second kappa shape index (κ2) is 10.6. The highest BCUT2D eigenvalue weighted by Crippen LogP contribution is 2.18. The summed E-state index contributed by atoms with van der Waals surface area (Å²) in [4.78, 5) is 36.4. The van der Waals surface area contributed by atoms with Gasteiger partial charge in [-0.05, 0) is 37.1 Å². The Morgan fingerprint density at radius 2 is 1.70 bits per heavy atom. The molecular formula is C22H29N3O5. The molecule has 2 rings (SSSR count). The van der Waals surface area contributed by atoms with Gasteiger partial charge in [0.15, 0.2) is 0 Å². The van der Waals surface area contributed by atoms with Crippen molar-refractivity contribution in [2.24, 2.45) is 0 Å². The summed E-state index contributed by atoms with van der Waals surface area (Å²) in [6, 6.07) is 12.9. The summed E-state index contributed by atoms with van der Waals surface area (Å²) in [6.45, 7) is 5.17. The number of hydrogen-bond acceptors (Lipinski definition) is 5. The fourth-order valence-electron chi connectivity index (χ4n) is 2.81. The molecule has 0 aliphatic rings. The molecule has 0 radical (unpaired) electrons. The summed E-state index contributed by atoms with van der Waals surface area (Å²) in [7, 11) is 1.44. The molecule has 0 fully saturated rings. The average molecular weight is 415 g/mol. The van der Waals surface area contributed by atoms with Gasteiger partial charge in [-0.1, -0.05) is 42.5 Å². The van der Waals surface area contributed by atoms with E-state index < -0.39 is 23.6 Å². The van der Waals surface area contributed by atoms with Gasteiger partial charge in [0, 0.05) is 13.7 Å². The van der Waals surface area contributed by atoms with Gasteiger partial charge in [0.25, 0.3) is 0 Å². The van der Waals surface area contributed by atoms with Gasteiger partial charge < -0.3 is 25.4 Å². The third-order valence-corrected chi connectivity index (χ3v) is 4.11. The van der Waals surface area contributed by atoms with E-state index in [0.29, 0.717) is 6.54 Å². The van der Waals surface area contributed by atoms with Crippen LogP contribution in [0.25, 0.3) is 10.8 Å². The molecule has 0 heterocycles. The van der Waals surface area contributed by atoms with Crippen LogP contribution in [0.15, 0.2) is 42.5 Å². The fraction of sp³-hybridized carbons (Fsp3) is 0.409. The molecule has 0 aromatic heterocycles. The zero-order valence-electron chi connectivity index (χ0n) is 17.8. The molecule has 0 spiro atoms. The molecule has 3 N–H and O–H groups in total. The van der Waals surface area contributed by atoms with Crippen LogP contribution in [0.1, 0.15) is 26.3 Å². The van der Waals surface area contributed by atoms with E-state index in [0.717, 1.165) is 16.3 Å². The van der Waals surface area contributed by atoms with Gasteiger partial charge >= 0.3 is 6.09 Å². The number of ether oxygens (including phenoxy) is 2. The van der Waals surface area contributed by atoms with Crippen LogP contribution in [0.3, 0.4) is 0 Å². The minimum atomic E-state index is -0.891. The summed E-state index contributed by atoms with van der Waals surface area (Å²) < 4.78 is 10.1. The lowest BCUT2D eigenvalue weighted by molar-refractivity contribution is -0.130. The van der Waals surface area contributed by atoms with Gasteiger partial charge in [-0.2, -0.15) is 0 Å². The molecule has 3 amide bonds. The van der Waals surface area contributed by atoms with Crippen LogP contribution >= 0.6 is 0 Å². The van der Waals surface area contributed by atoms with Crippen molar-refractivity contribution in [1.29, 1.82) is 0 Å². The zero-order valence-corrected chi connectivity index (χ0v) is 17.8. The van der Waals surface area contributed by atoms with Gasteiger partial charge in [-0.3, -0.25) is 9.59 Å².